The molecule has 0 aliphatic carbocycles. The molecule has 0 amide bonds. The molecule has 0 saturated carbocycles. The van der Waals surface area contributed by atoms with Crippen molar-refractivity contribution >= 4 is 18.1 Å². The Morgan fingerprint density at radius 2 is 1.55 bits per heavy atom. The highest BCUT2D eigenvalue weighted by Crippen LogP contribution is 2.09. The number of benzene rings is 2. The van der Waals surface area contributed by atoms with Crippen LogP contribution in [0.15, 0.2) is 66.7 Å². The first kappa shape index (κ1) is 13.8. The smallest absolute Gasteiger partial charge is 0.337 e. The lowest BCUT2D eigenvalue weighted by molar-refractivity contribution is 0.0600. The van der Waals surface area contributed by atoms with E-state index >= 15 is 0 Å². The van der Waals surface area contributed by atoms with Crippen LogP contribution < -0.4 is 0 Å². The quantitative estimate of drug-likeness (QED) is 0.611. The van der Waals surface area contributed by atoms with Gasteiger partial charge in [-0.25, -0.2) is 4.79 Å². The minimum absolute atomic E-state index is 0.319. The fraction of sp³-hybridized carbons (Fsp3) is 0.0556. The number of carbonyl (C=O) groups excluding carboxylic acids is 1. The van der Waals surface area contributed by atoms with Crippen molar-refractivity contribution < 1.29 is 9.53 Å². The van der Waals surface area contributed by atoms with E-state index < -0.39 is 0 Å². The number of methoxy groups -OCH3 is 1. The summed E-state index contributed by atoms with van der Waals surface area (Å²) in [6.45, 7) is 0. The second kappa shape index (κ2) is 7.10. The Kier molecular flexibility index (Phi) is 4.90. The molecule has 100 valence electrons. The van der Waals surface area contributed by atoms with E-state index in [2.05, 4.69) is 0 Å². The zero-order chi connectivity index (χ0) is 14.2. The van der Waals surface area contributed by atoms with Crippen LogP contribution in [0.2, 0.25) is 0 Å². The first-order valence-electron chi connectivity index (χ1n) is 6.38. The Hall–Kier alpha value is -2.61. The van der Waals surface area contributed by atoms with Gasteiger partial charge in [0.1, 0.15) is 0 Å². The van der Waals surface area contributed by atoms with E-state index in [0.29, 0.717) is 5.56 Å². The minimum Gasteiger partial charge on any atom is -0.465 e. The lowest BCUT2D eigenvalue weighted by Gasteiger charge is -1.99. The van der Waals surface area contributed by atoms with Gasteiger partial charge in [-0.3, -0.25) is 0 Å². The summed E-state index contributed by atoms with van der Waals surface area (Å²) in [5, 5.41) is 0. The fourth-order valence-electron chi connectivity index (χ4n) is 1.78. The number of rotatable bonds is 4. The van der Waals surface area contributed by atoms with Crippen LogP contribution in [-0.4, -0.2) is 13.1 Å². The Morgan fingerprint density at radius 3 is 2.25 bits per heavy atom. The molecule has 2 nitrogen and oxygen atoms in total. The largest absolute Gasteiger partial charge is 0.465 e. The van der Waals surface area contributed by atoms with Crippen molar-refractivity contribution in [3.05, 3.63) is 83.4 Å². The lowest BCUT2D eigenvalue weighted by atomic mass is 10.1. The summed E-state index contributed by atoms with van der Waals surface area (Å²) in [6, 6.07) is 17.4. The standard InChI is InChI=1S/C18H16O2/c1-20-18(19)17-13-7-12-16(14-17)11-6-5-10-15-8-3-2-4-9-15/h2-14H,1H3/b10-5+,11-6+. The van der Waals surface area contributed by atoms with Gasteiger partial charge in [0.15, 0.2) is 0 Å². The maximum absolute atomic E-state index is 11.4. The molecule has 0 N–H and O–H groups in total. The van der Waals surface area contributed by atoms with Gasteiger partial charge in [-0.1, -0.05) is 66.8 Å². The Labute approximate surface area is 119 Å². The highest BCUT2D eigenvalue weighted by atomic mass is 16.5. The molecule has 0 aromatic heterocycles. The first-order chi connectivity index (χ1) is 9.79. The molecule has 0 aliphatic heterocycles. The van der Waals surface area contributed by atoms with E-state index in [4.69, 9.17) is 4.74 Å². The third-order valence-corrected chi connectivity index (χ3v) is 2.80. The number of esters is 1. The zero-order valence-electron chi connectivity index (χ0n) is 11.3. The highest BCUT2D eigenvalue weighted by molar-refractivity contribution is 5.90. The Bertz CT molecular complexity index is 625. The van der Waals surface area contributed by atoms with Crippen LogP contribution in [-0.2, 0) is 4.74 Å². The number of hydrogen-bond donors (Lipinski definition) is 0. The monoisotopic (exact) mass is 264 g/mol. The van der Waals surface area contributed by atoms with Gasteiger partial charge in [0.05, 0.1) is 12.7 Å². The topological polar surface area (TPSA) is 26.3 Å². The molecule has 2 aromatic carbocycles. The average Bonchev–Trinajstić information content (AvgIpc) is 2.52. The van der Waals surface area contributed by atoms with Crippen LogP contribution in [0.1, 0.15) is 21.5 Å². The van der Waals surface area contributed by atoms with Crippen LogP contribution >= 0.6 is 0 Å². The van der Waals surface area contributed by atoms with Crippen LogP contribution in [0.5, 0.6) is 0 Å². The minimum atomic E-state index is -0.319. The molecule has 0 aliphatic rings. The highest BCUT2D eigenvalue weighted by Gasteiger charge is 2.03. The van der Waals surface area contributed by atoms with E-state index in [1.165, 1.54) is 7.11 Å². The predicted molar refractivity (Wildman–Crippen MR) is 82.3 cm³/mol. The zero-order valence-corrected chi connectivity index (χ0v) is 11.3. The van der Waals surface area contributed by atoms with Gasteiger partial charge in [0, 0.05) is 0 Å². The van der Waals surface area contributed by atoms with Crippen molar-refractivity contribution in [1.29, 1.82) is 0 Å². The van der Waals surface area contributed by atoms with Crippen molar-refractivity contribution in [2.75, 3.05) is 7.11 Å². The summed E-state index contributed by atoms with van der Waals surface area (Å²) in [5.74, 6) is -0.319. The van der Waals surface area contributed by atoms with Gasteiger partial charge in [-0.15, -0.1) is 0 Å². The van der Waals surface area contributed by atoms with Gasteiger partial charge in [-0.2, -0.15) is 0 Å². The number of hydrogen-bond acceptors (Lipinski definition) is 2. The van der Waals surface area contributed by atoms with Crippen LogP contribution in [0.3, 0.4) is 0 Å². The van der Waals surface area contributed by atoms with E-state index in [0.717, 1.165) is 11.1 Å². The molecule has 0 unspecified atom stereocenters. The van der Waals surface area contributed by atoms with Gasteiger partial charge in [0.2, 0.25) is 0 Å². The summed E-state index contributed by atoms with van der Waals surface area (Å²) in [7, 11) is 1.38. The normalized spacial score (nSPS) is 11.1. The van der Waals surface area contributed by atoms with Crippen molar-refractivity contribution in [1.82, 2.24) is 0 Å². The molecule has 0 fully saturated rings. The molecule has 0 saturated heterocycles. The fourth-order valence-corrected chi connectivity index (χ4v) is 1.78. The predicted octanol–water partition coefficient (Wildman–Crippen LogP) is 4.20. The van der Waals surface area contributed by atoms with E-state index in [9.17, 15) is 4.79 Å². The van der Waals surface area contributed by atoms with Gasteiger partial charge < -0.3 is 4.74 Å². The Morgan fingerprint density at radius 1 is 0.900 bits per heavy atom. The van der Waals surface area contributed by atoms with Crippen molar-refractivity contribution in [3.8, 4) is 0 Å². The summed E-state index contributed by atoms with van der Waals surface area (Å²) < 4.78 is 4.70. The molecule has 0 bridgehead atoms. The maximum Gasteiger partial charge on any atom is 0.337 e. The molecule has 0 radical (unpaired) electrons. The number of carbonyl (C=O) groups is 1. The summed E-state index contributed by atoms with van der Waals surface area (Å²) >= 11 is 0. The molecule has 0 spiro atoms. The van der Waals surface area contributed by atoms with Crippen molar-refractivity contribution in [2.24, 2.45) is 0 Å². The van der Waals surface area contributed by atoms with Gasteiger partial charge in [0.25, 0.3) is 0 Å². The summed E-state index contributed by atoms with van der Waals surface area (Å²) in [5.41, 5.74) is 2.67. The number of allylic oxidation sites excluding steroid dienone is 2. The van der Waals surface area contributed by atoms with E-state index in [-0.39, 0.29) is 5.97 Å². The lowest BCUT2D eigenvalue weighted by Crippen LogP contribution is -2.00. The van der Waals surface area contributed by atoms with Gasteiger partial charge >= 0.3 is 5.97 Å². The third-order valence-electron chi connectivity index (χ3n) is 2.80. The molecule has 2 rings (SSSR count). The molecule has 2 heteroatoms. The van der Waals surface area contributed by atoms with E-state index in [1.54, 1.807) is 12.1 Å². The molecule has 0 heterocycles. The summed E-state index contributed by atoms with van der Waals surface area (Å²) in [4.78, 5) is 11.4. The molecular weight excluding hydrogens is 248 g/mol. The molecular formula is C18H16O2. The molecule has 2 aromatic rings. The SMILES string of the molecule is COC(=O)c1cccc(/C=C/C=C/c2ccccc2)c1. The second-order valence-electron chi connectivity index (χ2n) is 4.25. The average molecular weight is 264 g/mol. The molecule has 0 atom stereocenters. The van der Waals surface area contributed by atoms with Crippen LogP contribution in [0, 0.1) is 0 Å². The van der Waals surface area contributed by atoms with Crippen molar-refractivity contribution in [2.45, 2.75) is 0 Å². The Balaban J connectivity index is 2.05. The number of ether oxygens (including phenoxy) is 1. The maximum atomic E-state index is 11.4. The van der Waals surface area contributed by atoms with Crippen molar-refractivity contribution in [3.63, 3.8) is 0 Å². The van der Waals surface area contributed by atoms with Crippen LogP contribution in [0.4, 0.5) is 0 Å². The van der Waals surface area contributed by atoms with E-state index in [1.807, 2.05) is 66.8 Å². The molecule has 20 heavy (non-hydrogen) atoms. The third kappa shape index (κ3) is 3.95. The van der Waals surface area contributed by atoms with Crippen LogP contribution in [0.25, 0.3) is 12.2 Å². The summed E-state index contributed by atoms with van der Waals surface area (Å²) in [6.07, 6.45) is 7.90. The first-order valence-corrected chi connectivity index (χ1v) is 6.38. The second-order valence-corrected chi connectivity index (χ2v) is 4.25. The van der Waals surface area contributed by atoms with Gasteiger partial charge in [-0.05, 0) is 23.3 Å².